The number of ether oxygens (including phenoxy) is 3. The van der Waals surface area contributed by atoms with E-state index in [4.69, 9.17) is 25.8 Å². The summed E-state index contributed by atoms with van der Waals surface area (Å²) in [6.07, 6.45) is 1.59. The summed E-state index contributed by atoms with van der Waals surface area (Å²) in [5.74, 6) is -0.629. The van der Waals surface area contributed by atoms with Gasteiger partial charge >= 0.3 is 5.97 Å². The van der Waals surface area contributed by atoms with Gasteiger partial charge in [-0.15, -0.1) is 0 Å². The van der Waals surface area contributed by atoms with E-state index in [1.807, 2.05) is 13.8 Å². The minimum absolute atomic E-state index is 0.0648. The van der Waals surface area contributed by atoms with Crippen LogP contribution in [0.3, 0.4) is 0 Å². The fraction of sp³-hybridized carbons (Fsp3) is 0.310. The molecule has 1 unspecified atom stereocenters. The molecular formula is C29H30ClN3O6. The van der Waals surface area contributed by atoms with E-state index in [1.54, 1.807) is 49.4 Å². The standard InChI is InChI=1S/C29H30ClN3O6/c1-5-38-29(36)19-7-10-22(11-8-19)32-28(35)25(12-13-39-18(2)3)33-17-26(37-4)24(15-27(33)34)23-14-21(30)9-6-20(23)16-31/h6-11,14-15,17-18,25H,5,12-13H2,1-4H3,(H,32,35). The van der Waals surface area contributed by atoms with Crippen molar-refractivity contribution in [1.29, 1.82) is 5.26 Å². The smallest absolute Gasteiger partial charge is 0.338 e. The summed E-state index contributed by atoms with van der Waals surface area (Å²) < 4.78 is 17.5. The Balaban J connectivity index is 1.98. The van der Waals surface area contributed by atoms with Crippen LogP contribution in [0.5, 0.6) is 5.75 Å². The number of carbonyl (C=O) groups excluding carboxylic acids is 2. The zero-order valence-electron chi connectivity index (χ0n) is 22.2. The third-order valence-corrected chi connectivity index (χ3v) is 6.04. The van der Waals surface area contributed by atoms with Gasteiger partial charge in [0.25, 0.3) is 5.56 Å². The van der Waals surface area contributed by atoms with Crippen molar-refractivity contribution in [3.8, 4) is 22.9 Å². The highest BCUT2D eigenvalue weighted by molar-refractivity contribution is 6.31. The van der Waals surface area contributed by atoms with E-state index in [0.29, 0.717) is 33.0 Å². The summed E-state index contributed by atoms with van der Waals surface area (Å²) in [7, 11) is 1.44. The Hall–Kier alpha value is -4.13. The van der Waals surface area contributed by atoms with Gasteiger partial charge in [-0.1, -0.05) is 11.6 Å². The molecule has 0 saturated heterocycles. The van der Waals surface area contributed by atoms with Crippen molar-refractivity contribution in [2.24, 2.45) is 0 Å². The van der Waals surface area contributed by atoms with Crippen LogP contribution < -0.4 is 15.6 Å². The molecule has 0 spiro atoms. The van der Waals surface area contributed by atoms with Crippen molar-refractivity contribution in [3.05, 3.63) is 81.2 Å². The Kier molecular flexibility index (Phi) is 10.3. The molecule has 204 valence electrons. The van der Waals surface area contributed by atoms with E-state index in [2.05, 4.69) is 11.4 Å². The van der Waals surface area contributed by atoms with Crippen molar-refractivity contribution in [1.82, 2.24) is 4.57 Å². The average Bonchev–Trinajstić information content (AvgIpc) is 2.91. The Morgan fingerprint density at radius 1 is 1.10 bits per heavy atom. The lowest BCUT2D eigenvalue weighted by Crippen LogP contribution is -2.34. The van der Waals surface area contributed by atoms with Crippen LogP contribution >= 0.6 is 11.6 Å². The fourth-order valence-corrected chi connectivity index (χ4v) is 4.10. The first-order chi connectivity index (χ1) is 18.7. The van der Waals surface area contributed by atoms with Crippen LogP contribution in [0.2, 0.25) is 5.02 Å². The van der Waals surface area contributed by atoms with E-state index in [9.17, 15) is 19.6 Å². The number of pyridine rings is 1. The third kappa shape index (κ3) is 7.47. The first-order valence-corrected chi connectivity index (χ1v) is 12.8. The molecular weight excluding hydrogens is 522 g/mol. The van der Waals surface area contributed by atoms with Crippen LogP contribution in [-0.2, 0) is 14.3 Å². The summed E-state index contributed by atoms with van der Waals surface area (Å²) >= 11 is 6.16. The van der Waals surface area contributed by atoms with Gasteiger partial charge < -0.3 is 19.5 Å². The Morgan fingerprint density at radius 3 is 2.44 bits per heavy atom. The van der Waals surface area contributed by atoms with Crippen molar-refractivity contribution in [2.45, 2.75) is 39.3 Å². The lowest BCUT2D eigenvalue weighted by Gasteiger charge is -2.22. The number of halogens is 1. The van der Waals surface area contributed by atoms with Crippen molar-refractivity contribution >= 4 is 29.2 Å². The summed E-state index contributed by atoms with van der Waals surface area (Å²) in [6.45, 7) is 5.95. The van der Waals surface area contributed by atoms with Gasteiger partial charge in [0.15, 0.2) is 0 Å². The molecule has 0 aliphatic heterocycles. The molecule has 3 rings (SSSR count). The number of hydrogen-bond acceptors (Lipinski definition) is 7. The van der Waals surface area contributed by atoms with Crippen LogP contribution in [-0.4, -0.2) is 42.9 Å². The van der Waals surface area contributed by atoms with E-state index in [-0.39, 0.29) is 31.5 Å². The van der Waals surface area contributed by atoms with Gasteiger partial charge in [0.1, 0.15) is 11.8 Å². The van der Waals surface area contributed by atoms with Gasteiger partial charge in [0.2, 0.25) is 5.91 Å². The van der Waals surface area contributed by atoms with Crippen molar-refractivity contribution in [3.63, 3.8) is 0 Å². The maximum atomic E-state index is 13.4. The van der Waals surface area contributed by atoms with E-state index in [1.165, 1.54) is 23.9 Å². The molecule has 0 fully saturated rings. The molecule has 9 nitrogen and oxygen atoms in total. The lowest BCUT2D eigenvalue weighted by atomic mass is 10.00. The molecule has 1 atom stereocenters. The molecule has 0 radical (unpaired) electrons. The zero-order valence-corrected chi connectivity index (χ0v) is 22.9. The first-order valence-electron chi connectivity index (χ1n) is 12.4. The van der Waals surface area contributed by atoms with Gasteiger partial charge in [-0.05, 0) is 63.2 Å². The number of amides is 1. The van der Waals surface area contributed by atoms with Crippen LogP contribution in [0.15, 0.2) is 59.5 Å². The number of methoxy groups -OCH3 is 1. The highest BCUT2D eigenvalue weighted by atomic mass is 35.5. The highest BCUT2D eigenvalue weighted by Gasteiger charge is 2.24. The predicted octanol–water partition coefficient (Wildman–Crippen LogP) is 5.22. The Labute approximate surface area is 231 Å². The van der Waals surface area contributed by atoms with Gasteiger partial charge in [0, 0.05) is 40.9 Å². The van der Waals surface area contributed by atoms with E-state index < -0.39 is 23.5 Å². The average molecular weight is 552 g/mol. The summed E-state index contributed by atoms with van der Waals surface area (Å²) in [5, 5.41) is 12.8. The SMILES string of the molecule is CCOC(=O)c1ccc(NC(=O)C(CCOC(C)C)n2cc(OC)c(-c3cc(Cl)ccc3C#N)cc2=O)cc1. The summed E-state index contributed by atoms with van der Waals surface area (Å²) in [6, 6.07) is 13.5. The van der Waals surface area contributed by atoms with E-state index in [0.717, 1.165) is 0 Å². The minimum Gasteiger partial charge on any atom is -0.495 e. The Morgan fingerprint density at radius 2 is 1.82 bits per heavy atom. The molecule has 10 heteroatoms. The molecule has 1 amide bonds. The van der Waals surface area contributed by atoms with Crippen LogP contribution in [0.1, 0.15) is 49.2 Å². The van der Waals surface area contributed by atoms with Crippen molar-refractivity contribution < 1.29 is 23.8 Å². The number of nitrogens with zero attached hydrogens (tertiary/aromatic N) is 2. The number of carbonyl (C=O) groups is 2. The number of anilines is 1. The van der Waals surface area contributed by atoms with Gasteiger partial charge in [0.05, 0.1) is 43.2 Å². The van der Waals surface area contributed by atoms with Crippen LogP contribution in [0.4, 0.5) is 5.69 Å². The molecule has 1 N–H and O–H groups in total. The number of benzene rings is 2. The first kappa shape index (κ1) is 29.4. The molecule has 2 aromatic carbocycles. The monoisotopic (exact) mass is 551 g/mol. The molecule has 0 aliphatic rings. The molecule has 3 aromatic rings. The second-order valence-corrected chi connectivity index (χ2v) is 9.25. The topological polar surface area (TPSA) is 120 Å². The van der Waals surface area contributed by atoms with Gasteiger partial charge in [-0.2, -0.15) is 5.26 Å². The minimum atomic E-state index is -0.946. The van der Waals surface area contributed by atoms with Crippen LogP contribution in [0.25, 0.3) is 11.1 Å². The van der Waals surface area contributed by atoms with Crippen LogP contribution in [0, 0.1) is 11.3 Å². The second-order valence-electron chi connectivity index (χ2n) is 8.81. The molecule has 39 heavy (non-hydrogen) atoms. The molecule has 0 aliphatic carbocycles. The lowest BCUT2D eigenvalue weighted by molar-refractivity contribution is -0.120. The highest BCUT2D eigenvalue weighted by Crippen LogP contribution is 2.33. The molecule has 1 aromatic heterocycles. The normalized spacial score (nSPS) is 11.5. The third-order valence-electron chi connectivity index (χ3n) is 5.80. The van der Waals surface area contributed by atoms with Crippen molar-refractivity contribution in [2.75, 3.05) is 25.6 Å². The number of nitriles is 1. The number of esters is 1. The maximum Gasteiger partial charge on any atom is 0.338 e. The predicted molar refractivity (Wildman–Crippen MR) is 148 cm³/mol. The maximum absolute atomic E-state index is 13.4. The van der Waals surface area contributed by atoms with Gasteiger partial charge in [-0.3, -0.25) is 14.2 Å². The number of hydrogen-bond donors (Lipinski definition) is 1. The number of rotatable bonds is 11. The molecule has 0 saturated carbocycles. The van der Waals surface area contributed by atoms with E-state index >= 15 is 0 Å². The summed E-state index contributed by atoms with van der Waals surface area (Å²) in [4.78, 5) is 38.7. The quantitative estimate of drug-likeness (QED) is 0.324. The largest absolute Gasteiger partial charge is 0.495 e. The summed E-state index contributed by atoms with van der Waals surface area (Å²) in [5.41, 5.74) is 1.46. The number of nitrogens with one attached hydrogen (secondary N) is 1. The molecule has 1 heterocycles. The molecule has 0 bridgehead atoms. The zero-order chi connectivity index (χ0) is 28.5. The number of aromatic nitrogens is 1. The second kappa shape index (κ2) is 13.6. The fourth-order valence-electron chi connectivity index (χ4n) is 3.92. The van der Waals surface area contributed by atoms with Gasteiger partial charge in [-0.25, -0.2) is 4.79 Å². The Bertz CT molecular complexity index is 1430.